The monoisotopic (exact) mass is 407 g/mol. The summed E-state index contributed by atoms with van der Waals surface area (Å²) in [6.45, 7) is 1.82. The molecule has 1 atom stereocenters. The molecule has 2 N–H and O–H groups in total. The first-order valence-electron chi connectivity index (χ1n) is 9.40. The highest BCUT2D eigenvalue weighted by molar-refractivity contribution is 5.92. The average molecular weight is 407 g/mol. The second-order valence-electron chi connectivity index (χ2n) is 6.91. The molecule has 1 aliphatic heterocycles. The molecule has 1 aromatic heterocycles. The number of carbonyl (C=O) groups is 2. The fourth-order valence-electron chi connectivity index (χ4n) is 3.25. The maximum Gasteiger partial charge on any atom is 0.262 e. The largest absolute Gasteiger partial charge is 0.493 e. The zero-order valence-electron chi connectivity index (χ0n) is 16.6. The molecule has 0 fully saturated rings. The van der Waals surface area contributed by atoms with Crippen LogP contribution in [0.1, 0.15) is 23.6 Å². The number of rotatable bonds is 6. The van der Waals surface area contributed by atoms with Gasteiger partial charge in [-0.15, -0.1) is 0 Å². The number of hydrogen-bond acceptors (Lipinski definition) is 6. The van der Waals surface area contributed by atoms with Crippen LogP contribution in [0.5, 0.6) is 11.5 Å². The maximum atomic E-state index is 12.2. The Balaban J connectivity index is 1.46. The van der Waals surface area contributed by atoms with E-state index in [4.69, 9.17) is 9.47 Å². The summed E-state index contributed by atoms with van der Waals surface area (Å²) in [5.74, 6) is 0.889. The summed E-state index contributed by atoms with van der Waals surface area (Å²) in [4.78, 5) is 28.2. The Morgan fingerprint density at radius 1 is 1.23 bits per heavy atom. The summed E-state index contributed by atoms with van der Waals surface area (Å²) >= 11 is 0. The third kappa shape index (κ3) is 4.09. The molecule has 9 heteroatoms. The van der Waals surface area contributed by atoms with Crippen molar-refractivity contribution in [3.8, 4) is 11.5 Å². The summed E-state index contributed by atoms with van der Waals surface area (Å²) < 4.78 is 12.7. The van der Waals surface area contributed by atoms with Gasteiger partial charge in [-0.2, -0.15) is 10.1 Å². The van der Waals surface area contributed by atoms with Gasteiger partial charge in [-0.1, -0.05) is 23.8 Å². The van der Waals surface area contributed by atoms with Gasteiger partial charge in [0.25, 0.3) is 5.91 Å². The van der Waals surface area contributed by atoms with E-state index in [1.54, 1.807) is 16.8 Å². The summed E-state index contributed by atoms with van der Waals surface area (Å²) in [6.07, 6.45) is 1.63. The Kier molecular flexibility index (Phi) is 5.34. The van der Waals surface area contributed by atoms with Gasteiger partial charge in [0.2, 0.25) is 11.9 Å². The van der Waals surface area contributed by atoms with Crippen molar-refractivity contribution in [3.63, 3.8) is 0 Å². The van der Waals surface area contributed by atoms with E-state index in [9.17, 15) is 9.59 Å². The minimum Gasteiger partial charge on any atom is -0.493 e. The molecule has 0 saturated heterocycles. The van der Waals surface area contributed by atoms with Gasteiger partial charge in [-0.3, -0.25) is 14.9 Å². The number of aryl methyl sites for hydroxylation is 1. The highest BCUT2D eigenvalue weighted by Crippen LogP contribution is 2.34. The van der Waals surface area contributed by atoms with Crippen LogP contribution < -0.4 is 20.1 Å². The number of carbonyl (C=O) groups excluding carboxylic acids is 2. The lowest BCUT2D eigenvalue weighted by atomic mass is 10.0. The van der Waals surface area contributed by atoms with Crippen molar-refractivity contribution in [1.82, 2.24) is 14.8 Å². The maximum absolute atomic E-state index is 12.2. The first-order chi connectivity index (χ1) is 14.5. The predicted molar refractivity (Wildman–Crippen MR) is 110 cm³/mol. The Morgan fingerprint density at radius 2 is 2.03 bits per heavy atom. The van der Waals surface area contributed by atoms with Crippen LogP contribution in [-0.2, 0) is 9.59 Å². The van der Waals surface area contributed by atoms with E-state index < -0.39 is 0 Å². The van der Waals surface area contributed by atoms with Crippen LogP contribution >= 0.6 is 0 Å². The SMILES string of the molecule is COc1cc([C@@H]2CC(=O)Nc3ncnn32)ccc1OCC(=O)Nc1ccc(C)cc1. The summed E-state index contributed by atoms with van der Waals surface area (Å²) in [5.41, 5.74) is 2.64. The van der Waals surface area contributed by atoms with Crippen molar-refractivity contribution in [3.05, 3.63) is 59.9 Å². The Labute approximate surface area is 173 Å². The summed E-state index contributed by atoms with van der Waals surface area (Å²) in [7, 11) is 1.52. The Hall–Kier alpha value is -3.88. The summed E-state index contributed by atoms with van der Waals surface area (Å²) in [5, 5.41) is 9.67. The lowest BCUT2D eigenvalue weighted by molar-refractivity contribution is -0.118. The standard InChI is InChI=1S/C21H21N5O4/c1-13-3-6-15(7-4-13)24-20(28)11-30-17-8-5-14(9-18(17)29-2)16-10-19(27)25-21-22-12-23-26(16)21/h3-9,12,16H,10-11H2,1-2H3,(H,24,28)(H,22,23,25,27)/t16-/m0/s1. The van der Waals surface area contributed by atoms with E-state index >= 15 is 0 Å². The Morgan fingerprint density at radius 3 is 2.80 bits per heavy atom. The van der Waals surface area contributed by atoms with Gasteiger partial charge >= 0.3 is 0 Å². The van der Waals surface area contributed by atoms with Crippen LogP contribution in [0.3, 0.4) is 0 Å². The minimum absolute atomic E-state index is 0.132. The molecule has 2 aromatic carbocycles. The number of fused-ring (bicyclic) bond motifs is 1. The molecule has 1 aliphatic rings. The molecular weight excluding hydrogens is 386 g/mol. The predicted octanol–water partition coefficient (Wildman–Crippen LogP) is 2.54. The van der Waals surface area contributed by atoms with Gasteiger partial charge < -0.3 is 14.8 Å². The van der Waals surface area contributed by atoms with Gasteiger partial charge in [-0.05, 0) is 36.8 Å². The van der Waals surface area contributed by atoms with E-state index in [0.29, 0.717) is 23.1 Å². The van der Waals surface area contributed by atoms with E-state index in [2.05, 4.69) is 20.7 Å². The van der Waals surface area contributed by atoms with Crippen LogP contribution in [0.15, 0.2) is 48.8 Å². The number of nitrogens with one attached hydrogen (secondary N) is 2. The number of methoxy groups -OCH3 is 1. The van der Waals surface area contributed by atoms with E-state index in [0.717, 1.165) is 11.1 Å². The highest BCUT2D eigenvalue weighted by atomic mass is 16.5. The van der Waals surface area contributed by atoms with E-state index in [1.165, 1.54) is 13.4 Å². The number of amides is 2. The molecule has 4 rings (SSSR count). The van der Waals surface area contributed by atoms with Crippen molar-refractivity contribution < 1.29 is 19.1 Å². The normalized spacial score (nSPS) is 15.1. The molecule has 0 spiro atoms. The number of aromatic nitrogens is 3. The van der Waals surface area contributed by atoms with Gasteiger partial charge in [0, 0.05) is 5.69 Å². The number of anilines is 2. The molecule has 0 unspecified atom stereocenters. The van der Waals surface area contributed by atoms with Crippen molar-refractivity contribution in [1.29, 1.82) is 0 Å². The fourth-order valence-corrected chi connectivity index (χ4v) is 3.25. The third-order valence-electron chi connectivity index (χ3n) is 4.76. The zero-order chi connectivity index (χ0) is 21.1. The smallest absolute Gasteiger partial charge is 0.262 e. The molecule has 154 valence electrons. The molecule has 0 radical (unpaired) electrons. The van der Waals surface area contributed by atoms with Gasteiger partial charge in [0.1, 0.15) is 6.33 Å². The third-order valence-corrected chi connectivity index (χ3v) is 4.76. The van der Waals surface area contributed by atoms with Crippen LogP contribution in [0, 0.1) is 6.92 Å². The highest BCUT2D eigenvalue weighted by Gasteiger charge is 2.28. The molecular formula is C21H21N5O4. The number of nitrogens with zero attached hydrogens (tertiary/aromatic N) is 3. The summed E-state index contributed by atoms with van der Waals surface area (Å²) in [6, 6.07) is 12.5. The minimum atomic E-state index is -0.302. The van der Waals surface area contributed by atoms with Gasteiger partial charge in [-0.25, -0.2) is 4.68 Å². The van der Waals surface area contributed by atoms with Gasteiger partial charge in [0.15, 0.2) is 18.1 Å². The molecule has 2 amide bonds. The molecule has 9 nitrogen and oxygen atoms in total. The second-order valence-corrected chi connectivity index (χ2v) is 6.91. The fraction of sp³-hybridized carbons (Fsp3) is 0.238. The quantitative estimate of drug-likeness (QED) is 0.650. The van der Waals surface area contributed by atoms with Crippen molar-refractivity contribution in [2.45, 2.75) is 19.4 Å². The Bertz CT molecular complexity index is 1080. The number of hydrogen-bond donors (Lipinski definition) is 2. The van der Waals surface area contributed by atoms with E-state index in [1.807, 2.05) is 37.3 Å². The van der Waals surface area contributed by atoms with Gasteiger partial charge in [0.05, 0.1) is 19.6 Å². The molecule has 0 aliphatic carbocycles. The van der Waals surface area contributed by atoms with Crippen molar-refractivity contribution in [2.75, 3.05) is 24.4 Å². The topological polar surface area (TPSA) is 107 Å². The first-order valence-corrected chi connectivity index (χ1v) is 9.40. The van der Waals surface area contributed by atoms with Crippen molar-refractivity contribution in [2.24, 2.45) is 0 Å². The van der Waals surface area contributed by atoms with Crippen molar-refractivity contribution >= 4 is 23.5 Å². The van der Waals surface area contributed by atoms with Crippen LogP contribution in [0.25, 0.3) is 0 Å². The molecule has 0 bridgehead atoms. The van der Waals surface area contributed by atoms with E-state index in [-0.39, 0.29) is 30.9 Å². The molecule has 2 heterocycles. The lowest BCUT2D eigenvalue weighted by Crippen LogP contribution is -2.29. The van der Waals surface area contributed by atoms with Crippen LogP contribution in [0.4, 0.5) is 11.6 Å². The number of ether oxygens (including phenoxy) is 2. The number of benzene rings is 2. The van der Waals surface area contributed by atoms with Crippen LogP contribution in [0.2, 0.25) is 0 Å². The zero-order valence-corrected chi connectivity index (χ0v) is 16.6. The molecule has 3 aromatic rings. The molecule has 30 heavy (non-hydrogen) atoms. The first kappa shape index (κ1) is 19.4. The lowest BCUT2D eigenvalue weighted by Gasteiger charge is -2.24. The van der Waals surface area contributed by atoms with Crippen LogP contribution in [-0.4, -0.2) is 40.3 Å². The average Bonchev–Trinajstić information content (AvgIpc) is 3.21. The second kappa shape index (κ2) is 8.24. The molecule has 0 saturated carbocycles.